The van der Waals surface area contributed by atoms with Gasteiger partial charge in [-0.05, 0) is 26.0 Å². The van der Waals surface area contributed by atoms with Gasteiger partial charge >= 0.3 is 0 Å². The Morgan fingerprint density at radius 1 is 1.25 bits per heavy atom. The first kappa shape index (κ1) is 15.2. The molecular formula is C15H23FN2O2. The maximum atomic E-state index is 14.2. The lowest BCUT2D eigenvalue weighted by atomic mass is 10.1. The van der Waals surface area contributed by atoms with Gasteiger partial charge in [-0.2, -0.15) is 0 Å². The Morgan fingerprint density at radius 3 is 2.75 bits per heavy atom. The molecule has 1 unspecified atom stereocenters. The summed E-state index contributed by atoms with van der Waals surface area (Å²) >= 11 is 0. The number of β-amino-alcohol motifs (C(OH)–C–C–N with tert-alkyl or cyclic N) is 1. The average Bonchev–Trinajstić information content (AvgIpc) is 2.64. The summed E-state index contributed by atoms with van der Waals surface area (Å²) in [5.41, 5.74) is 1.16. The number of nitrogens with zero attached hydrogens (tertiary/aromatic N) is 2. The predicted molar refractivity (Wildman–Crippen MR) is 77.4 cm³/mol. The van der Waals surface area contributed by atoms with Crippen molar-refractivity contribution in [2.24, 2.45) is 0 Å². The van der Waals surface area contributed by atoms with Crippen molar-refractivity contribution in [3.63, 3.8) is 0 Å². The van der Waals surface area contributed by atoms with Crippen molar-refractivity contribution >= 4 is 5.69 Å². The molecule has 0 aromatic heterocycles. The third-order valence-electron chi connectivity index (χ3n) is 3.79. The van der Waals surface area contributed by atoms with Gasteiger partial charge in [-0.1, -0.05) is 12.1 Å². The molecule has 2 N–H and O–H groups in total. The van der Waals surface area contributed by atoms with Crippen LogP contribution < -0.4 is 4.90 Å². The molecule has 0 aliphatic carbocycles. The highest BCUT2D eigenvalue weighted by atomic mass is 19.1. The molecule has 0 bridgehead atoms. The Balaban J connectivity index is 2.19. The molecule has 1 atom stereocenters. The maximum Gasteiger partial charge on any atom is 0.146 e. The Kier molecular flexibility index (Phi) is 5.34. The van der Waals surface area contributed by atoms with E-state index in [1.165, 1.54) is 6.07 Å². The predicted octanol–water partition coefficient (Wildman–Crippen LogP) is 1.38. The Bertz CT molecular complexity index is 440. The summed E-state index contributed by atoms with van der Waals surface area (Å²) in [6.07, 6.45) is 0.241. The van der Waals surface area contributed by atoms with E-state index in [4.69, 9.17) is 5.11 Å². The van der Waals surface area contributed by atoms with Crippen molar-refractivity contribution in [2.45, 2.75) is 19.4 Å². The minimum Gasteiger partial charge on any atom is -0.395 e. The molecule has 0 saturated carbocycles. The van der Waals surface area contributed by atoms with Crippen molar-refractivity contribution in [3.05, 3.63) is 29.6 Å². The van der Waals surface area contributed by atoms with Crippen LogP contribution in [-0.4, -0.2) is 54.4 Å². The number of halogens is 1. The minimum absolute atomic E-state index is 0.151. The molecule has 0 amide bonds. The Morgan fingerprint density at radius 2 is 2.05 bits per heavy atom. The van der Waals surface area contributed by atoms with Crippen molar-refractivity contribution in [1.29, 1.82) is 0 Å². The molecule has 0 spiro atoms. The van der Waals surface area contributed by atoms with E-state index in [2.05, 4.69) is 4.90 Å². The first-order valence-corrected chi connectivity index (χ1v) is 7.18. The fourth-order valence-corrected chi connectivity index (χ4v) is 2.76. The van der Waals surface area contributed by atoms with Crippen LogP contribution in [0.3, 0.4) is 0 Å². The number of benzene rings is 1. The molecule has 112 valence electrons. The molecule has 2 rings (SSSR count). The van der Waals surface area contributed by atoms with E-state index < -0.39 is 6.10 Å². The van der Waals surface area contributed by atoms with E-state index in [9.17, 15) is 9.50 Å². The Labute approximate surface area is 119 Å². The molecular weight excluding hydrogens is 259 g/mol. The van der Waals surface area contributed by atoms with E-state index in [0.717, 1.165) is 26.1 Å². The van der Waals surface area contributed by atoms with Crippen molar-refractivity contribution in [3.8, 4) is 0 Å². The zero-order valence-corrected chi connectivity index (χ0v) is 11.9. The van der Waals surface area contributed by atoms with Crippen LogP contribution in [0.5, 0.6) is 0 Å². The van der Waals surface area contributed by atoms with Crippen LogP contribution in [-0.2, 0) is 0 Å². The van der Waals surface area contributed by atoms with Gasteiger partial charge in [-0.15, -0.1) is 0 Å². The van der Waals surface area contributed by atoms with E-state index >= 15 is 0 Å². The summed E-state index contributed by atoms with van der Waals surface area (Å²) in [7, 11) is 0. The van der Waals surface area contributed by atoms with E-state index in [0.29, 0.717) is 24.3 Å². The SMILES string of the molecule is CC(O)c1cccc(F)c1N1CCCN(CCO)CC1. The van der Waals surface area contributed by atoms with Gasteiger partial charge in [0, 0.05) is 31.7 Å². The van der Waals surface area contributed by atoms with Gasteiger partial charge in [0.15, 0.2) is 0 Å². The second-order valence-electron chi connectivity index (χ2n) is 5.26. The quantitative estimate of drug-likeness (QED) is 0.876. The van der Waals surface area contributed by atoms with Crippen LogP contribution in [0.4, 0.5) is 10.1 Å². The van der Waals surface area contributed by atoms with Crippen LogP contribution >= 0.6 is 0 Å². The molecule has 1 aliphatic heterocycles. The molecule has 1 saturated heterocycles. The lowest BCUT2D eigenvalue weighted by Gasteiger charge is -2.27. The zero-order chi connectivity index (χ0) is 14.5. The molecule has 4 nitrogen and oxygen atoms in total. The smallest absolute Gasteiger partial charge is 0.146 e. The molecule has 20 heavy (non-hydrogen) atoms. The van der Waals surface area contributed by atoms with Gasteiger partial charge < -0.3 is 15.1 Å². The van der Waals surface area contributed by atoms with Gasteiger partial charge in [0.05, 0.1) is 18.4 Å². The van der Waals surface area contributed by atoms with Crippen LogP contribution in [0.1, 0.15) is 25.0 Å². The molecule has 0 radical (unpaired) electrons. The summed E-state index contributed by atoms with van der Waals surface area (Å²) in [5.74, 6) is -0.279. The highest BCUT2D eigenvalue weighted by Crippen LogP contribution is 2.30. The lowest BCUT2D eigenvalue weighted by molar-refractivity contribution is 0.199. The zero-order valence-electron chi connectivity index (χ0n) is 11.9. The Hall–Kier alpha value is -1.17. The molecule has 1 aromatic carbocycles. The molecule has 1 aromatic rings. The number of aliphatic hydroxyl groups excluding tert-OH is 2. The van der Waals surface area contributed by atoms with Gasteiger partial charge in [0.2, 0.25) is 0 Å². The van der Waals surface area contributed by atoms with Crippen LogP contribution in [0, 0.1) is 5.82 Å². The summed E-state index contributed by atoms with van der Waals surface area (Å²) < 4.78 is 14.2. The second kappa shape index (κ2) is 7.02. The van der Waals surface area contributed by atoms with Crippen molar-refractivity contribution in [2.75, 3.05) is 44.2 Å². The normalized spacial score (nSPS) is 18.9. The highest BCUT2D eigenvalue weighted by Gasteiger charge is 2.21. The number of hydrogen-bond acceptors (Lipinski definition) is 4. The van der Waals surface area contributed by atoms with Crippen LogP contribution in [0.15, 0.2) is 18.2 Å². The molecule has 1 aliphatic rings. The van der Waals surface area contributed by atoms with Crippen molar-refractivity contribution < 1.29 is 14.6 Å². The average molecular weight is 282 g/mol. The summed E-state index contributed by atoms with van der Waals surface area (Å²) in [4.78, 5) is 4.19. The first-order valence-electron chi connectivity index (χ1n) is 7.18. The topological polar surface area (TPSA) is 46.9 Å². The van der Waals surface area contributed by atoms with Crippen LogP contribution in [0.25, 0.3) is 0 Å². The summed E-state index contributed by atoms with van der Waals surface area (Å²) in [6, 6.07) is 4.85. The van der Waals surface area contributed by atoms with Gasteiger partial charge in [-0.3, -0.25) is 4.90 Å². The molecule has 1 heterocycles. The number of aliphatic hydroxyl groups is 2. The largest absolute Gasteiger partial charge is 0.395 e. The van der Waals surface area contributed by atoms with E-state index in [-0.39, 0.29) is 12.4 Å². The minimum atomic E-state index is -0.683. The summed E-state index contributed by atoms with van der Waals surface area (Å²) in [5, 5.41) is 18.8. The third kappa shape index (κ3) is 3.48. The standard InChI is InChI=1S/C15H23FN2O2/c1-12(20)13-4-2-5-14(16)15(13)18-7-3-6-17(8-9-18)10-11-19/h2,4-5,12,19-20H,3,6-11H2,1H3. The molecule has 5 heteroatoms. The highest BCUT2D eigenvalue weighted by molar-refractivity contribution is 5.56. The van der Waals surface area contributed by atoms with Gasteiger partial charge in [0.25, 0.3) is 0 Å². The van der Waals surface area contributed by atoms with E-state index in [1.807, 2.05) is 4.90 Å². The number of para-hydroxylation sites is 1. The third-order valence-corrected chi connectivity index (χ3v) is 3.79. The number of hydrogen-bond donors (Lipinski definition) is 2. The first-order chi connectivity index (χ1) is 9.63. The van der Waals surface area contributed by atoms with Crippen LogP contribution in [0.2, 0.25) is 0 Å². The lowest BCUT2D eigenvalue weighted by Crippen LogP contribution is -2.33. The maximum absolute atomic E-state index is 14.2. The number of anilines is 1. The monoisotopic (exact) mass is 282 g/mol. The van der Waals surface area contributed by atoms with Crippen molar-refractivity contribution in [1.82, 2.24) is 4.90 Å². The fraction of sp³-hybridized carbons (Fsp3) is 0.600. The van der Waals surface area contributed by atoms with E-state index in [1.54, 1.807) is 19.1 Å². The molecule has 1 fully saturated rings. The summed E-state index contributed by atoms with van der Waals surface area (Å²) in [6.45, 7) is 5.66. The fourth-order valence-electron chi connectivity index (χ4n) is 2.76. The van der Waals surface area contributed by atoms with Gasteiger partial charge in [0.1, 0.15) is 5.82 Å². The second-order valence-corrected chi connectivity index (χ2v) is 5.26. The van der Waals surface area contributed by atoms with Gasteiger partial charge in [-0.25, -0.2) is 4.39 Å². The number of rotatable bonds is 4.